The Balaban J connectivity index is 1.80. The van der Waals surface area contributed by atoms with Crippen molar-refractivity contribution >= 4 is 46.5 Å². The molecule has 0 unspecified atom stereocenters. The number of anilines is 1. The van der Waals surface area contributed by atoms with Gasteiger partial charge in [0.2, 0.25) is 0 Å². The molecule has 2 aromatic carbocycles. The molecule has 0 aliphatic rings. The third-order valence-electron chi connectivity index (χ3n) is 3.49. The van der Waals surface area contributed by atoms with Gasteiger partial charge in [0, 0.05) is 27.7 Å². The van der Waals surface area contributed by atoms with E-state index in [2.05, 4.69) is 5.32 Å². The van der Waals surface area contributed by atoms with Crippen LogP contribution in [-0.4, -0.2) is 23.8 Å². The number of Topliss-reactive ketones (excluding diaryl/α,β-unsaturated/α-hetero) is 1. The van der Waals surface area contributed by atoms with Crippen LogP contribution in [0.2, 0.25) is 10.0 Å². The average molecular weight is 394 g/mol. The molecular formula is C19H17Cl2NO4. The number of hydrogen-bond donors (Lipinski definition) is 1. The molecule has 0 bridgehead atoms. The highest BCUT2D eigenvalue weighted by Gasteiger charge is 2.19. The number of carbonyl (C=O) groups is 3. The Kier molecular flexibility index (Phi) is 7.18. The van der Waals surface area contributed by atoms with E-state index in [4.69, 9.17) is 27.9 Å². The van der Waals surface area contributed by atoms with Gasteiger partial charge in [0.05, 0.1) is 6.42 Å². The second-order valence-corrected chi connectivity index (χ2v) is 6.43. The van der Waals surface area contributed by atoms with Gasteiger partial charge in [-0.15, -0.1) is 0 Å². The van der Waals surface area contributed by atoms with Crippen LogP contribution in [0.5, 0.6) is 0 Å². The fourth-order valence-electron chi connectivity index (χ4n) is 2.12. The quantitative estimate of drug-likeness (QED) is 0.553. The summed E-state index contributed by atoms with van der Waals surface area (Å²) < 4.78 is 5.06. The maximum Gasteiger partial charge on any atom is 0.307 e. The average Bonchev–Trinajstić information content (AvgIpc) is 2.60. The van der Waals surface area contributed by atoms with Gasteiger partial charge in [-0.05, 0) is 49.4 Å². The van der Waals surface area contributed by atoms with Gasteiger partial charge in [-0.25, -0.2) is 0 Å². The van der Waals surface area contributed by atoms with E-state index in [0.29, 0.717) is 21.3 Å². The maximum atomic E-state index is 12.0. The molecule has 1 atom stereocenters. The smallest absolute Gasteiger partial charge is 0.307 e. The summed E-state index contributed by atoms with van der Waals surface area (Å²) >= 11 is 11.6. The Morgan fingerprint density at radius 1 is 1.00 bits per heavy atom. The van der Waals surface area contributed by atoms with Crippen molar-refractivity contribution in [2.24, 2.45) is 0 Å². The van der Waals surface area contributed by atoms with E-state index >= 15 is 0 Å². The molecule has 7 heteroatoms. The van der Waals surface area contributed by atoms with Crippen LogP contribution in [-0.2, 0) is 14.3 Å². The Morgan fingerprint density at radius 2 is 1.69 bits per heavy atom. The third-order valence-corrected chi connectivity index (χ3v) is 3.98. The molecule has 1 amide bonds. The van der Waals surface area contributed by atoms with Crippen molar-refractivity contribution in [3.05, 3.63) is 64.1 Å². The van der Waals surface area contributed by atoms with E-state index in [1.54, 1.807) is 48.5 Å². The summed E-state index contributed by atoms with van der Waals surface area (Å²) in [6, 6.07) is 13.0. The number of hydrogen-bond acceptors (Lipinski definition) is 4. The second-order valence-electron chi connectivity index (χ2n) is 5.56. The number of nitrogens with one attached hydrogen (secondary N) is 1. The number of amides is 1. The van der Waals surface area contributed by atoms with Crippen molar-refractivity contribution in [3.8, 4) is 0 Å². The lowest BCUT2D eigenvalue weighted by Gasteiger charge is -2.13. The first-order valence-electron chi connectivity index (χ1n) is 7.90. The lowest BCUT2D eigenvalue weighted by molar-refractivity contribution is -0.153. The summed E-state index contributed by atoms with van der Waals surface area (Å²) in [6.45, 7) is 1.46. The minimum Gasteiger partial charge on any atom is -0.453 e. The predicted molar refractivity (Wildman–Crippen MR) is 101 cm³/mol. The van der Waals surface area contributed by atoms with Gasteiger partial charge in [0.25, 0.3) is 5.91 Å². The van der Waals surface area contributed by atoms with Crippen molar-refractivity contribution in [2.75, 3.05) is 5.32 Å². The number of halogens is 2. The molecule has 1 N–H and O–H groups in total. The maximum absolute atomic E-state index is 12.0. The number of esters is 1. The molecule has 5 nitrogen and oxygen atoms in total. The third kappa shape index (κ3) is 6.17. The molecule has 0 aliphatic heterocycles. The van der Waals surface area contributed by atoms with Crippen molar-refractivity contribution in [2.45, 2.75) is 25.9 Å². The van der Waals surface area contributed by atoms with E-state index in [1.165, 1.54) is 6.92 Å². The fourth-order valence-corrected chi connectivity index (χ4v) is 2.43. The summed E-state index contributed by atoms with van der Waals surface area (Å²) in [6.07, 6.45) is -1.12. The van der Waals surface area contributed by atoms with E-state index < -0.39 is 18.0 Å². The highest BCUT2D eigenvalue weighted by atomic mass is 35.5. The van der Waals surface area contributed by atoms with Crippen molar-refractivity contribution in [3.63, 3.8) is 0 Å². The lowest BCUT2D eigenvalue weighted by Crippen LogP contribution is -2.30. The molecule has 0 aliphatic carbocycles. The molecule has 0 saturated carbocycles. The zero-order chi connectivity index (χ0) is 19.1. The Hall–Kier alpha value is -2.37. The zero-order valence-electron chi connectivity index (χ0n) is 14.0. The molecule has 136 valence electrons. The minimum absolute atomic E-state index is 0.0108. The lowest BCUT2D eigenvalue weighted by atomic mass is 10.1. The van der Waals surface area contributed by atoms with Crippen LogP contribution in [0.3, 0.4) is 0 Å². The molecular weight excluding hydrogens is 377 g/mol. The molecule has 2 aromatic rings. The molecule has 0 saturated heterocycles. The van der Waals surface area contributed by atoms with E-state index in [1.807, 2.05) is 0 Å². The first kappa shape index (κ1) is 19.9. The van der Waals surface area contributed by atoms with Crippen LogP contribution >= 0.6 is 23.2 Å². The molecule has 0 radical (unpaired) electrons. The minimum atomic E-state index is -0.993. The van der Waals surface area contributed by atoms with Gasteiger partial charge in [0.15, 0.2) is 11.9 Å². The van der Waals surface area contributed by atoms with E-state index in [0.717, 1.165) is 0 Å². The van der Waals surface area contributed by atoms with Crippen molar-refractivity contribution < 1.29 is 19.1 Å². The van der Waals surface area contributed by atoms with Gasteiger partial charge >= 0.3 is 5.97 Å². The molecule has 0 aromatic heterocycles. The highest BCUT2D eigenvalue weighted by molar-refractivity contribution is 6.31. The molecule has 26 heavy (non-hydrogen) atoms. The van der Waals surface area contributed by atoms with Crippen LogP contribution in [0.25, 0.3) is 0 Å². The second kappa shape index (κ2) is 9.36. The standard InChI is InChI=1S/C19H17Cl2NO4/c1-12(19(25)22-16-4-2-3-15(21)11-16)26-18(24)10-9-17(23)13-5-7-14(20)8-6-13/h2-8,11-12H,9-10H2,1H3,(H,22,25)/t12-/m0/s1. The topological polar surface area (TPSA) is 72.5 Å². The number of carbonyl (C=O) groups excluding carboxylic acids is 3. The van der Waals surface area contributed by atoms with Crippen molar-refractivity contribution in [1.82, 2.24) is 0 Å². The first-order valence-corrected chi connectivity index (χ1v) is 8.65. The Morgan fingerprint density at radius 3 is 2.35 bits per heavy atom. The highest BCUT2D eigenvalue weighted by Crippen LogP contribution is 2.16. The largest absolute Gasteiger partial charge is 0.453 e. The number of benzene rings is 2. The van der Waals surface area contributed by atoms with Gasteiger partial charge in [-0.2, -0.15) is 0 Å². The van der Waals surface area contributed by atoms with Crippen LogP contribution in [0.15, 0.2) is 48.5 Å². The molecule has 0 fully saturated rings. The number of ketones is 1. The number of rotatable bonds is 7. The van der Waals surface area contributed by atoms with Gasteiger partial charge in [-0.1, -0.05) is 29.3 Å². The molecule has 0 spiro atoms. The summed E-state index contributed by atoms with van der Waals surface area (Å²) in [5.41, 5.74) is 0.970. The molecule has 2 rings (SSSR count). The van der Waals surface area contributed by atoms with Crippen LogP contribution in [0.4, 0.5) is 5.69 Å². The van der Waals surface area contributed by atoms with Crippen LogP contribution in [0, 0.1) is 0 Å². The van der Waals surface area contributed by atoms with Gasteiger partial charge in [-0.3, -0.25) is 14.4 Å². The summed E-state index contributed by atoms with van der Waals surface area (Å²) in [5, 5.41) is 3.61. The normalized spacial score (nSPS) is 11.5. The predicted octanol–water partition coefficient (Wildman–Crippen LogP) is 4.53. The summed E-state index contributed by atoms with van der Waals surface area (Å²) in [5.74, 6) is -1.31. The van der Waals surface area contributed by atoms with Crippen LogP contribution in [0.1, 0.15) is 30.1 Å². The summed E-state index contributed by atoms with van der Waals surface area (Å²) in [4.78, 5) is 35.9. The van der Waals surface area contributed by atoms with Gasteiger partial charge in [0.1, 0.15) is 0 Å². The summed E-state index contributed by atoms with van der Waals surface area (Å²) in [7, 11) is 0. The molecule has 0 heterocycles. The van der Waals surface area contributed by atoms with E-state index in [9.17, 15) is 14.4 Å². The number of ether oxygens (including phenoxy) is 1. The first-order chi connectivity index (χ1) is 12.3. The fraction of sp³-hybridized carbons (Fsp3) is 0.211. The SMILES string of the molecule is C[C@H](OC(=O)CCC(=O)c1ccc(Cl)cc1)C(=O)Nc1cccc(Cl)c1. The zero-order valence-corrected chi connectivity index (χ0v) is 15.5. The Bertz CT molecular complexity index is 805. The monoisotopic (exact) mass is 393 g/mol. The van der Waals surface area contributed by atoms with E-state index in [-0.39, 0.29) is 18.6 Å². The van der Waals surface area contributed by atoms with Crippen LogP contribution < -0.4 is 5.32 Å². The van der Waals surface area contributed by atoms with Gasteiger partial charge < -0.3 is 10.1 Å². The Labute approximate surface area is 161 Å². The van der Waals surface area contributed by atoms with Crippen molar-refractivity contribution in [1.29, 1.82) is 0 Å².